The van der Waals surface area contributed by atoms with Crippen LogP contribution in [0.25, 0.3) is 0 Å². The molecular formula is C2H5OZr-. The summed E-state index contributed by atoms with van der Waals surface area (Å²) in [5.74, 6) is 0. The molecular weight excluding hydrogens is 131 g/mol. The van der Waals surface area contributed by atoms with Gasteiger partial charge in [0.15, 0.2) is 0 Å². The van der Waals surface area contributed by atoms with Gasteiger partial charge in [0.05, 0.1) is 0 Å². The normalized spacial score (nSPS) is 4.50. The second-order valence-electron chi connectivity index (χ2n) is 0.289. The Morgan fingerprint density at radius 2 is 1.75 bits per heavy atom. The van der Waals surface area contributed by atoms with Crippen molar-refractivity contribution in [3.8, 4) is 0 Å². The minimum Gasteiger partial charge on any atom is -0.557 e. The Balaban J connectivity index is 0. The van der Waals surface area contributed by atoms with Gasteiger partial charge in [0, 0.05) is 26.2 Å². The smallest absolute Gasteiger partial charge is 0 e. The van der Waals surface area contributed by atoms with Gasteiger partial charge in [-0.2, -0.15) is 0 Å². The first-order valence-corrected chi connectivity index (χ1v) is 0.697. The van der Waals surface area contributed by atoms with E-state index in [-0.39, 0.29) is 26.2 Å². The molecule has 0 atom stereocenters. The predicted octanol–water partition coefficient (Wildman–Crippen LogP) is 0.422. The van der Waals surface area contributed by atoms with Gasteiger partial charge >= 0.3 is 0 Å². The summed E-state index contributed by atoms with van der Waals surface area (Å²) in [5.41, 5.74) is 0. The quantitative estimate of drug-likeness (QED) is 0.439. The molecule has 0 saturated carbocycles. The molecule has 0 aliphatic rings. The van der Waals surface area contributed by atoms with Crippen molar-refractivity contribution in [2.24, 2.45) is 0 Å². The van der Waals surface area contributed by atoms with Gasteiger partial charge in [0.25, 0.3) is 0 Å². The van der Waals surface area contributed by atoms with Gasteiger partial charge < -0.3 is 4.74 Å². The second kappa shape index (κ2) is 9.14. The van der Waals surface area contributed by atoms with Gasteiger partial charge in [0.2, 0.25) is 0 Å². The molecule has 0 saturated heterocycles. The van der Waals surface area contributed by atoms with Crippen molar-refractivity contribution in [3.05, 3.63) is 7.11 Å². The van der Waals surface area contributed by atoms with Crippen molar-refractivity contribution in [2.45, 2.75) is 0 Å². The summed E-state index contributed by atoms with van der Waals surface area (Å²) in [6, 6.07) is 0. The fourth-order valence-corrected chi connectivity index (χ4v) is 0. The molecule has 0 fully saturated rings. The molecule has 0 bridgehead atoms. The van der Waals surface area contributed by atoms with E-state index >= 15 is 0 Å². The van der Waals surface area contributed by atoms with Crippen LogP contribution in [0.4, 0.5) is 0 Å². The van der Waals surface area contributed by atoms with Crippen molar-refractivity contribution in [3.63, 3.8) is 0 Å². The molecule has 1 nitrogen and oxygen atoms in total. The van der Waals surface area contributed by atoms with Crippen LogP contribution >= 0.6 is 0 Å². The third-order valence-electron chi connectivity index (χ3n) is 0. The molecule has 0 aliphatic carbocycles. The fraction of sp³-hybridized carbons (Fsp3) is 0.500. The standard InChI is InChI=1S/C2H5O.Zr/c1-3-2;/h1H2,2H3;/q-1;. The second-order valence-corrected chi connectivity index (χ2v) is 0.289. The number of hydrogen-bond acceptors (Lipinski definition) is 1. The number of rotatable bonds is 0. The third-order valence-corrected chi connectivity index (χ3v) is 0. The maximum atomic E-state index is 4.00. The Bertz CT molecular complexity index is 6.00. The minimum absolute atomic E-state index is 0. The van der Waals surface area contributed by atoms with E-state index < -0.39 is 0 Å². The molecule has 0 amide bonds. The van der Waals surface area contributed by atoms with E-state index in [1.807, 2.05) is 0 Å². The molecule has 0 rings (SSSR count). The van der Waals surface area contributed by atoms with Gasteiger partial charge in [-0.3, -0.25) is 0 Å². The van der Waals surface area contributed by atoms with E-state index in [9.17, 15) is 0 Å². The van der Waals surface area contributed by atoms with Gasteiger partial charge in [-0.15, -0.1) is 0 Å². The van der Waals surface area contributed by atoms with E-state index in [2.05, 4.69) is 11.8 Å². The van der Waals surface area contributed by atoms with Crippen LogP contribution < -0.4 is 0 Å². The van der Waals surface area contributed by atoms with Crippen LogP contribution in [0, 0.1) is 7.11 Å². The zero-order valence-corrected chi connectivity index (χ0v) is 5.07. The Hall–Kier alpha value is 0.843. The van der Waals surface area contributed by atoms with Crippen LogP contribution in [-0.4, -0.2) is 7.11 Å². The fourth-order valence-electron chi connectivity index (χ4n) is 0. The first kappa shape index (κ1) is 8.85. The molecule has 0 aliphatic heterocycles. The maximum absolute atomic E-state index is 4.00. The van der Waals surface area contributed by atoms with Crippen molar-refractivity contribution >= 4 is 0 Å². The Morgan fingerprint density at radius 3 is 1.75 bits per heavy atom. The number of methoxy groups -OCH3 is 1. The zero-order valence-electron chi connectivity index (χ0n) is 2.62. The molecule has 0 aromatic rings. The van der Waals surface area contributed by atoms with Gasteiger partial charge in [-0.1, -0.05) is 0 Å². The topological polar surface area (TPSA) is 9.23 Å². The van der Waals surface area contributed by atoms with E-state index in [0.717, 1.165) is 0 Å². The van der Waals surface area contributed by atoms with Crippen LogP contribution in [0.2, 0.25) is 0 Å². The van der Waals surface area contributed by atoms with E-state index in [1.54, 1.807) is 0 Å². The van der Waals surface area contributed by atoms with Crippen molar-refractivity contribution in [2.75, 3.05) is 7.11 Å². The summed E-state index contributed by atoms with van der Waals surface area (Å²) < 4.78 is 4.00. The summed E-state index contributed by atoms with van der Waals surface area (Å²) in [5, 5.41) is 0. The average Bonchev–Trinajstić information content (AvgIpc) is 0.918. The summed E-state index contributed by atoms with van der Waals surface area (Å²) in [7, 11) is 4.50. The minimum atomic E-state index is 0. The van der Waals surface area contributed by atoms with E-state index in [0.29, 0.717) is 0 Å². The third kappa shape index (κ3) is 13.6. The largest absolute Gasteiger partial charge is 0.557 e. The first-order valence-electron chi connectivity index (χ1n) is 0.697. The summed E-state index contributed by atoms with van der Waals surface area (Å²) in [4.78, 5) is 0. The van der Waals surface area contributed by atoms with Crippen LogP contribution in [0.15, 0.2) is 0 Å². The maximum Gasteiger partial charge on any atom is 0 e. The zero-order chi connectivity index (χ0) is 2.71. The summed E-state index contributed by atoms with van der Waals surface area (Å²) in [6.45, 7) is 0. The number of hydrogen-bond donors (Lipinski definition) is 0. The Morgan fingerprint density at radius 1 is 1.75 bits per heavy atom. The molecule has 0 N–H and O–H groups in total. The van der Waals surface area contributed by atoms with Crippen LogP contribution in [-0.2, 0) is 30.9 Å². The van der Waals surface area contributed by atoms with Gasteiger partial charge in [-0.25, -0.2) is 7.11 Å². The Kier molecular flexibility index (Phi) is 20.2. The van der Waals surface area contributed by atoms with E-state index in [1.165, 1.54) is 7.11 Å². The molecule has 0 radical (unpaired) electrons. The summed E-state index contributed by atoms with van der Waals surface area (Å²) in [6.07, 6.45) is 0. The van der Waals surface area contributed by atoms with Crippen LogP contribution in [0.5, 0.6) is 0 Å². The molecule has 2 heteroatoms. The monoisotopic (exact) mass is 135 g/mol. The average molecular weight is 136 g/mol. The molecule has 24 valence electrons. The Labute approximate surface area is 45.5 Å². The van der Waals surface area contributed by atoms with Gasteiger partial charge in [-0.05, 0) is 7.11 Å². The predicted molar refractivity (Wildman–Crippen MR) is 12.4 cm³/mol. The molecule has 4 heavy (non-hydrogen) atoms. The molecule has 0 heterocycles. The van der Waals surface area contributed by atoms with E-state index in [4.69, 9.17) is 0 Å². The molecule has 0 aromatic heterocycles. The van der Waals surface area contributed by atoms with Crippen molar-refractivity contribution < 1.29 is 30.9 Å². The molecule has 0 spiro atoms. The van der Waals surface area contributed by atoms with Gasteiger partial charge in [0.1, 0.15) is 0 Å². The van der Waals surface area contributed by atoms with Crippen LogP contribution in [0.1, 0.15) is 0 Å². The van der Waals surface area contributed by atoms with Crippen molar-refractivity contribution in [1.82, 2.24) is 0 Å². The number of ether oxygens (including phenoxy) is 1. The molecule has 0 aromatic carbocycles. The summed E-state index contributed by atoms with van der Waals surface area (Å²) >= 11 is 0. The first-order chi connectivity index (χ1) is 1.41. The molecule has 0 unspecified atom stereocenters. The van der Waals surface area contributed by atoms with Crippen molar-refractivity contribution in [1.29, 1.82) is 0 Å². The van der Waals surface area contributed by atoms with Crippen LogP contribution in [0.3, 0.4) is 0 Å². The SMILES string of the molecule is [CH2-]OC.[Zr].